The molecule has 1 aromatic heterocycles. The van der Waals surface area contributed by atoms with Crippen molar-refractivity contribution in [3.63, 3.8) is 0 Å². The van der Waals surface area contributed by atoms with E-state index in [4.69, 9.17) is 0 Å². The van der Waals surface area contributed by atoms with E-state index in [1.165, 1.54) is 44.8 Å². The molecule has 0 amide bonds. The van der Waals surface area contributed by atoms with Gasteiger partial charge in [-0.25, -0.2) is 18.4 Å². The minimum atomic E-state index is -3.25. The molecule has 1 saturated carbocycles. The minimum absolute atomic E-state index is 0.316. The topological polar surface area (TPSA) is 63.2 Å². The smallest absolute Gasteiger partial charge is 0.175 e. The molecule has 0 aliphatic heterocycles. The predicted molar refractivity (Wildman–Crippen MR) is 102 cm³/mol. The third-order valence-corrected chi connectivity index (χ3v) is 6.52. The molecule has 136 valence electrons. The lowest BCUT2D eigenvalue weighted by Gasteiger charge is -2.35. The molecule has 1 heterocycles. The maximum atomic E-state index is 11.9. The number of fused-ring (bicyclic) bond motifs is 1. The van der Waals surface area contributed by atoms with Crippen LogP contribution in [0.2, 0.25) is 0 Å². The van der Waals surface area contributed by atoms with Crippen LogP contribution in [-0.2, 0) is 9.84 Å². The Bertz CT molecular complexity index is 843. The molecule has 1 aromatic carbocycles. The molecule has 5 nitrogen and oxygen atoms in total. The van der Waals surface area contributed by atoms with Gasteiger partial charge in [-0.1, -0.05) is 19.8 Å². The van der Waals surface area contributed by atoms with Crippen molar-refractivity contribution in [1.82, 2.24) is 9.97 Å². The van der Waals surface area contributed by atoms with Crippen LogP contribution in [0, 0.1) is 5.92 Å². The fourth-order valence-corrected chi connectivity index (χ4v) is 4.58. The molecule has 0 N–H and O–H groups in total. The van der Waals surface area contributed by atoms with E-state index in [2.05, 4.69) is 28.8 Å². The van der Waals surface area contributed by atoms with Gasteiger partial charge in [-0.2, -0.15) is 0 Å². The Balaban J connectivity index is 1.90. The predicted octanol–water partition coefficient (Wildman–Crippen LogP) is 3.83. The summed E-state index contributed by atoms with van der Waals surface area (Å²) in [5.41, 5.74) is 0.781. The number of anilines is 1. The zero-order valence-electron chi connectivity index (χ0n) is 15.3. The van der Waals surface area contributed by atoms with Crippen molar-refractivity contribution >= 4 is 26.6 Å². The van der Waals surface area contributed by atoms with Gasteiger partial charge in [0.25, 0.3) is 0 Å². The average Bonchev–Trinajstić information content (AvgIpc) is 2.60. The van der Waals surface area contributed by atoms with Gasteiger partial charge in [-0.3, -0.25) is 0 Å². The number of nitrogens with zero attached hydrogens (tertiary/aromatic N) is 3. The Labute approximate surface area is 150 Å². The summed E-state index contributed by atoms with van der Waals surface area (Å²) in [4.78, 5) is 11.3. The summed E-state index contributed by atoms with van der Waals surface area (Å²) in [6.07, 6.45) is 10.2. The van der Waals surface area contributed by atoms with Gasteiger partial charge in [0.2, 0.25) is 0 Å². The molecule has 0 spiro atoms. The highest BCUT2D eigenvalue weighted by molar-refractivity contribution is 7.90. The van der Waals surface area contributed by atoms with Gasteiger partial charge in [0.05, 0.1) is 10.4 Å². The summed E-state index contributed by atoms with van der Waals surface area (Å²) < 4.78 is 23.8. The highest BCUT2D eigenvalue weighted by Crippen LogP contribution is 2.33. The van der Waals surface area contributed by atoms with Crippen LogP contribution in [0.3, 0.4) is 0 Å². The van der Waals surface area contributed by atoms with Crippen molar-refractivity contribution < 1.29 is 8.42 Å². The molecular formula is C19H27N3O2S. The van der Waals surface area contributed by atoms with Crippen LogP contribution in [-0.4, -0.2) is 37.7 Å². The molecule has 25 heavy (non-hydrogen) atoms. The molecule has 0 atom stereocenters. The molecule has 1 aliphatic rings. The van der Waals surface area contributed by atoms with Crippen molar-refractivity contribution in [2.45, 2.75) is 56.4 Å². The van der Waals surface area contributed by atoms with Crippen LogP contribution in [0.4, 0.5) is 5.82 Å². The molecule has 3 rings (SSSR count). The normalized spacial score (nSPS) is 21.4. The monoisotopic (exact) mass is 361 g/mol. The van der Waals surface area contributed by atoms with E-state index in [1.54, 1.807) is 24.5 Å². The van der Waals surface area contributed by atoms with Gasteiger partial charge >= 0.3 is 0 Å². The first-order chi connectivity index (χ1) is 11.9. The second kappa shape index (κ2) is 7.28. The lowest BCUT2D eigenvalue weighted by atomic mass is 9.83. The molecule has 1 fully saturated rings. The van der Waals surface area contributed by atoms with Gasteiger partial charge in [0.1, 0.15) is 12.1 Å². The first kappa shape index (κ1) is 18.1. The number of sulfone groups is 1. The molecular weight excluding hydrogens is 334 g/mol. The number of hydrogen-bond acceptors (Lipinski definition) is 5. The summed E-state index contributed by atoms with van der Waals surface area (Å²) in [5, 5.41) is 0.809. The number of rotatable bonds is 5. The lowest BCUT2D eigenvalue weighted by molar-refractivity contribution is 0.303. The van der Waals surface area contributed by atoms with Crippen LogP contribution in [0.15, 0.2) is 29.4 Å². The van der Waals surface area contributed by atoms with Crippen LogP contribution in [0.1, 0.15) is 45.4 Å². The third kappa shape index (κ3) is 3.94. The van der Waals surface area contributed by atoms with E-state index in [-0.39, 0.29) is 0 Å². The van der Waals surface area contributed by atoms with Crippen LogP contribution in [0.25, 0.3) is 10.9 Å². The molecule has 0 saturated heterocycles. The van der Waals surface area contributed by atoms with Crippen LogP contribution in [0.5, 0.6) is 0 Å². The molecule has 0 radical (unpaired) electrons. The van der Waals surface area contributed by atoms with Gasteiger partial charge in [0, 0.05) is 24.7 Å². The second-order valence-corrected chi connectivity index (χ2v) is 9.24. The zero-order valence-corrected chi connectivity index (χ0v) is 16.1. The van der Waals surface area contributed by atoms with Crippen molar-refractivity contribution in [1.29, 1.82) is 0 Å². The lowest BCUT2D eigenvalue weighted by Crippen LogP contribution is -2.35. The SMILES string of the molecule is CCCC1CCC(N(C)c2ncnc3ccc(S(C)(=O)=O)cc23)CC1. The van der Waals surface area contributed by atoms with E-state index in [0.29, 0.717) is 10.9 Å². The standard InChI is InChI=1S/C19H27N3O2S/c1-4-5-14-6-8-15(9-7-14)22(2)19-17-12-16(25(3,23)24)10-11-18(17)20-13-21-19/h10-15H,4-9H2,1-3H3. The van der Waals surface area contributed by atoms with Crippen molar-refractivity contribution in [2.24, 2.45) is 5.92 Å². The van der Waals surface area contributed by atoms with Gasteiger partial charge in [-0.15, -0.1) is 0 Å². The Morgan fingerprint density at radius 1 is 1.16 bits per heavy atom. The highest BCUT2D eigenvalue weighted by Gasteiger charge is 2.25. The van der Waals surface area contributed by atoms with Crippen LogP contribution < -0.4 is 4.90 Å². The molecule has 2 aromatic rings. The highest BCUT2D eigenvalue weighted by atomic mass is 32.2. The van der Waals surface area contributed by atoms with E-state index in [9.17, 15) is 8.42 Å². The zero-order chi connectivity index (χ0) is 18.0. The first-order valence-electron chi connectivity index (χ1n) is 9.07. The van der Waals surface area contributed by atoms with E-state index in [1.807, 2.05) is 0 Å². The summed E-state index contributed by atoms with van der Waals surface area (Å²) in [6, 6.07) is 5.54. The Morgan fingerprint density at radius 2 is 1.88 bits per heavy atom. The van der Waals surface area contributed by atoms with Gasteiger partial charge in [0.15, 0.2) is 9.84 Å². The molecule has 0 unspecified atom stereocenters. The number of benzene rings is 1. The Morgan fingerprint density at radius 3 is 2.52 bits per heavy atom. The van der Waals surface area contributed by atoms with Crippen LogP contribution >= 0.6 is 0 Å². The minimum Gasteiger partial charge on any atom is -0.356 e. The summed E-state index contributed by atoms with van der Waals surface area (Å²) in [6.45, 7) is 2.25. The summed E-state index contributed by atoms with van der Waals surface area (Å²) >= 11 is 0. The first-order valence-corrected chi connectivity index (χ1v) is 11.0. The summed E-state index contributed by atoms with van der Waals surface area (Å²) in [5.74, 6) is 1.68. The van der Waals surface area contributed by atoms with E-state index < -0.39 is 9.84 Å². The summed E-state index contributed by atoms with van der Waals surface area (Å²) in [7, 11) is -1.18. The van der Waals surface area contributed by atoms with Gasteiger partial charge in [-0.05, 0) is 49.8 Å². The third-order valence-electron chi connectivity index (χ3n) is 5.41. The Hall–Kier alpha value is -1.69. The molecule has 0 bridgehead atoms. The van der Waals surface area contributed by atoms with E-state index >= 15 is 0 Å². The van der Waals surface area contributed by atoms with E-state index in [0.717, 1.165) is 22.6 Å². The van der Waals surface area contributed by atoms with Crippen molar-refractivity contribution in [3.8, 4) is 0 Å². The van der Waals surface area contributed by atoms with Crippen molar-refractivity contribution in [2.75, 3.05) is 18.2 Å². The fraction of sp³-hybridized carbons (Fsp3) is 0.579. The Kier molecular flexibility index (Phi) is 5.27. The largest absolute Gasteiger partial charge is 0.356 e. The number of aromatic nitrogens is 2. The quantitative estimate of drug-likeness (QED) is 0.810. The maximum absolute atomic E-state index is 11.9. The fourth-order valence-electron chi connectivity index (χ4n) is 3.94. The second-order valence-electron chi connectivity index (χ2n) is 7.22. The van der Waals surface area contributed by atoms with Crippen molar-refractivity contribution in [3.05, 3.63) is 24.5 Å². The molecule has 6 heteroatoms. The van der Waals surface area contributed by atoms with Gasteiger partial charge < -0.3 is 4.90 Å². The molecule has 1 aliphatic carbocycles. The number of hydrogen-bond donors (Lipinski definition) is 0. The average molecular weight is 362 g/mol. The maximum Gasteiger partial charge on any atom is 0.175 e.